The van der Waals surface area contributed by atoms with E-state index in [0.717, 1.165) is 50.0 Å². The van der Waals surface area contributed by atoms with Crippen molar-refractivity contribution in [1.82, 2.24) is 4.90 Å². The van der Waals surface area contributed by atoms with Gasteiger partial charge in [-0.3, -0.25) is 4.79 Å². The minimum atomic E-state index is -1.26. The Morgan fingerprint density at radius 3 is 2.48 bits per heavy atom. The lowest BCUT2D eigenvalue weighted by Crippen LogP contribution is -2.46. The number of piperazine rings is 1. The van der Waals surface area contributed by atoms with Gasteiger partial charge in [0.15, 0.2) is 17.4 Å². The van der Waals surface area contributed by atoms with Gasteiger partial charge in [-0.1, -0.05) is 6.92 Å². The third kappa shape index (κ3) is 3.94. The molecular weight excluding hydrogens is 377 g/mol. The highest BCUT2D eigenvalue weighted by Gasteiger charge is 2.24. The van der Waals surface area contributed by atoms with E-state index in [0.29, 0.717) is 30.0 Å². The molecule has 4 rings (SSSR count). The summed E-state index contributed by atoms with van der Waals surface area (Å²) in [5, 5.41) is 0. The number of anilines is 1. The first-order valence-corrected chi connectivity index (χ1v) is 9.96. The first-order chi connectivity index (χ1) is 14.0. The molecule has 6 heteroatoms. The van der Waals surface area contributed by atoms with E-state index in [-0.39, 0.29) is 11.3 Å². The van der Waals surface area contributed by atoms with E-state index < -0.39 is 17.5 Å². The number of hydrogen-bond donors (Lipinski definition) is 0. The van der Waals surface area contributed by atoms with E-state index in [4.69, 9.17) is 0 Å². The van der Waals surface area contributed by atoms with Gasteiger partial charge in [0.1, 0.15) is 5.82 Å². The Morgan fingerprint density at radius 1 is 1.00 bits per heavy atom. The molecule has 0 amide bonds. The van der Waals surface area contributed by atoms with Crippen molar-refractivity contribution in [3.63, 3.8) is 0 Å². The quantitative estimate of drug-likeness (QED) is 0.562. The topological polar surface area (TPSA) is 23.6 Å². The molecule has 3 nitrogen and oxygen atoms in total. The summed E-state index contributed by atoms with van der Waals surface area (Å²) in [6.45, 7) is 7.17. The summed E-state index contributed by atoms with van der Waals surface area (Å²) in [6, 6.07) is 7.23. The summed E-state index contributed by atoms with van der Waals surface area (Å²) >= 11 is 0. The summed E-state index contributed by atoms with van der Waals surface area (Å²) in [7, 11) is 0. The minimum Gasteiger partial charge on any atom is -0.369 e. The van der Waals surface area contributed by atoms with Gasteiger partial charge in [-0.25, -0.2) is 13.2 Å². The summed E-state index contributed by atoms with van der Waals surface area (Å²) < 4.78 is 40.9. The highest BCUT2D eigenvalue weighted by Crippen LogP contribution is 2.31. The number of Topliss-reactive ketones (excluding diaryl/α,β-unsaturated/α-hetero) is 1. The van der Waals surface area contributed by atoms with Crippen molar-refractivity contribution in [3.05, 3.63) is 70.0 Å². The molecule has 0 unspecified atom stereocenters. The fourth-order valence-corrected chi connectivity index (χ4v) is 4.09. The van der Waals surface area contributed by atoms with Crippen LogP contribution in [-0.4, -0.2) is 43.4 Å². The zero-order chi connectivity index (χ0) is 20.5. The normalized spacial score (nSPS) is 19.0. The van der Waals surface area contributed by atoms with Crippen molar-refractivity contribution in [2.45, 2.75) is 19.8 Å². The predicted molar refractivity (Wildman–Crippen MR) is 108 cm³/mol. The Kier molecular flexibility index (Phi) is 5.46. The Bertz CT molecular complexity index is 978. The predicted octanol–water partition coefficient (Wildman–Crippen LogP) is 4.46. The highest BCUT2D eigenvalue weighted by atomic mass is 19.2. The number of carbonyl (C=O) groups is 1. The van der Waals surface area contributed by atoms with Crippen LogP contribution in [-0.2, 0) is 6.42 Å². The van der Waals surface area contributed by atoms with Gasteiger partial charge in [-0.2, -0.15) is 0 Å². The molecule has 0 spiro atoms. The summed E-state index contributed by atoms with van der Waals surface area (Å²) in [4.78, 5) is 17.6. The molecule has 0 saturated carbocycles. The molecule has 0 bridgehead atoms. The van der Waals surface area contributed by atoms with Crippen LogP contribution in [0.15, 0.2) is 35.9 Å². The molecule has 1 heterocycles. The van der Waals surface area contributed by atoms with Crippen LogP contribution in [0.25, 0.3) is 6.08 Å². The Hall–Kier alpha value is -2.60. The SMILES string of the molecule is CCN1CCN(c2ccc3c(c2)CC/C(=C\c2cc(F)cc(F)c2F)C3=O)CC1. The van der Waals surface area contributed by atoms with Gasteiger partial charge in [-0.15, -0.1) is 0 Å². The van der Waals surface area contributed by atoms with Crippen molar-refractivity contribution < 1.29 is 18.0 Å². The van der Waals surface area contributed by atoms with E-state index in [1.54, 1.807) is 0 Å². The van der Waals surface area contributed by atoms with Gasteiger partial charge in [0.2, 0.25) is 0 Å². The van der Waals surface area contributed by atoms with Gasteiger partial charge in [0.05, 0.1) is 0 Å². The largest absolute Gasteiger partial charge is 0.369 e. The summed E-state index contributed by atoms with van der Waals surface area (Å²) in [5.41, 5.74) is 2.78. The van der Waals surface area contributed by atoms with E-state index in [9.17, 15) is 18.0 Å². The lowest BCUT2D eigenvalue weighted by atomic mass is 9.85. The monoisotopic (exact) mass is 400 g/mol. The van der Waals surface area contributed by atoms with Crippen LogP contribution in [0.3, 0.4) is 0 Å². The van der Waals surface area contributed by atoms with Crippen molar-refractivity contribution in [2.24, 2.45) is 0 Å². The van der Waals surface area contributed by atoms with Gasteiger partial charge >= 0.3 is 0 Å². The van der Waals surface area contributed by atoms with Crippen molar-refractivity contribution >= 4 is 17.5 Å². The number of ketones is 1. The summed E-state index contributed by atoms with van der Waals surface area (Å²) in [5.74, 6) is -3.47. The number of likely N-dealkylation sites (N-methyl/N-ethyl adjacent to an activating group) is 1. The van der Waals surface area contributed by atoms with Crippen LogP contribution < -0.4 is 4.90 Å². The number of nitrogens with zero attached hydrogens (tertiary/aromatic N) is 2. The maximum atomic E-state index is 14.0. The van der Waals surface area contributed by atoms with Crippen molar-refractivity contribution in [1.29, 1.82) is 0 Å². The third-order valence-electron chi connectivity index (χ3n) is 5.82. The zero-order valence-corrected chi connectivity index (χ0v) is 16.4. The van der Waals surface area contributed by atoms with Crippen molar-refractivity contribution in [2.75, 3.05) is 37.6 Å². The molecular formula is C23H23F3N2O. The smallest absolute Gasteiger partial charge is 0.189 e. The standard InChI is InChI=1S/C23H23F3N2O/c1-2-27-7-9-28(10-8-27)19-5-6-20-15(13-19)3-4-16(23(20)29)11-17-12-18(24)14-21(25)22(17)26/h5-6,11-14H,2-4,7-10H2,1H3/b16-11+. The second-order valence-corrected chi connectivity index (χ2v) is 7.55. The third-order valence-corrected chi connectivity index (χ3v) is 5.82. The first-order valence-electron chi connectivity index (χ1n) is 9.96. The Balaban J connectivity index is 1.57. The number of benzene rings is 2. The van der Waals surface area contributed by atoms with Gasteiger partial charge in [0, 0.05) is 54.6 Å². The fourth-order valence-electron chi connectivity index (χ4n) is 4.09. The molecule has 0 aromatic heterocycles. The number of fused-ring (bicyclic) bond motifs is 1. The molecule has 1 saturated heterocycles. The van der Waals surface area contributed by atoms with Crippen molar-refractivity contribution in [3.8, 4) is 0 Å². The fraction of sp³-hybridized carbons (Fsp3) is 0.348. The number of halogens is 3. The maximum Gasteiger partial charge on any atom is 0.189 e. The molecule has 1 aliphatic carbocycles. The first kappa shape index (κ1) is 19.7. The zero-order valence-electron chi connectivity index (χ0n) is 16.4. The average Bonchev–Trinajstić information content (AvgIpc) is 2.73. The van der Waals surface area contributed by atoms with Crippen LogP contribution in [0.5, 0.6) is 0 Å². The van der Waals surface area contributed by atoms with Crippen LogP contribution in [0.4, 0.5) is 18.9 Å². The van der Waals surface area contributed by atoms with Crippen LogP contribution in [0.2, 0.25) is 0 Å². The van der Waals surface area contributed by atoms with E-state index in [2.05, 4.69) is 22.8 Å². The average molecular weight is 400 g/mol. The van der Waals surface area contributed by atoms with E-state index in [1.807, 2.05) is 12.1 Å². The van der Waals surface area contributed by atoms with Gasteiger partial charge in [0.25, 0.3) is 0 Å². The molecule has 0 atom stereocenters. The number of hydrogen-bond acceptors (Lipinski definition) is 3. The molecule has 2 aliphatic rings. The minimum absolute atomic E-state index is 0.210. The van der Waals surface area contributed by atoms with E-state index in [1.165, 1.54) is 6.08 Å². The number of carbonyl (C=O) groups excluding carboxylic acids is 1. The lowest BCUT2D eigenvalue weighted by Gasteiger charge is -2.36. The molecule has 152 valence electrons. The Morgan fingerprint density at radius 2 is 1.76 bits per heavy atom. The maximum absolute atomic E-state index is 14.0. The highest BCUT2D eigenvalue weighted by molar-refractivity contribution is 6.13. The molecule has 0 radical (unpaired) electrons. The molecule has 29 heavy (non-hydrogen) atoms. The molecule has 2 aromatic rings. The molecule has 2 aromatic carbocycles. The van der Waals surface area contributed by atoms with Gasteiger partial charge in [-0.05, 0) is 55.3 Å². The second-order valence-electron chi connectivity index (χ2n) is 7.55. The van der Waals surface area contributed by atoms with Crippen LogP contribution in [0.1, 0.15) is 34.8 Å². The number of rotatable bonds is 3. The summed E-state index contributed by atoms with van der Waals surface area (Å²) in [6.07, 6.45) is 2.32. The lowest BCUT2D eigenvalue weighted by molar-refractivity contribution is 0.102. The second kappa shape index (κ2) is 8.03. The molecule has 0 N–H and O–H groups in total. The molecule has 1 fully saturated rings. The molecule has 1 aliphatic heterocycles. The van der Waals surface area contributed by atoms with Crippen LogP contribution >= 0.6 is 0 Å². The number of aryl methyl sites for hydroxylation is 1. The van der Waals surface area contributed by atoms with E-state index >= 15 is 0 Å². The van der Waals surface area contributed by atoms with Crippen LogP contribution in [0, 0.1) is 17.5 Å². The number of allylic oxidation sites excluding steroid dienone is 1. The Labute approximate surface area is 168 Å². The van der Waals surface area contributed by atoms with Gasteiger partial charge < -0.3 is 9.80 Å².